The van der Waals surface area contributed by atoms with Crippen LogP contribution in [-0.4, -0.2) is 31.6 Å². The predicted molar refractivity (Wildman–Crippen MR) is 108 cm³/mol. The number of methoxy groups -OCH3 is 3. The van der Waals surface area contributed by atoms with Gasteiger partial charge in [0.2, 0.25) is 5.75 Å². The molecule has 0 aliphatic carbocycles. The van der Waals surface area contributed by atoms with Crippen LogP contribution in [0.1, 0.15) is 5.56 Å². The van der Waals surface area contributed by atoms with Crippen molar-refractivity contribution in [2.75, 3.05) is 26.2 Å². The third-order valence-electron chi connectivity index (χ3n) is 3.83. The number of carbonyl (C=O) groups is 1. The Kier molecular flexibility index (Phi) is 5.49. The highest BCUT2D eigenvalue weighted by molar-refractivity contribution is 8.27. The van der Waals surface area contributed by atoms with Gasteiger partial charge in [-0.2, -0.15) is 0 Å². The summed E-state index contributed by atoms with van der Waals surface area (Å²) >= 11 is 6.65. The highest BCUT2D eigenvalue weighted by Crippen LogP contribution is 2.42. The third kappa shape index (κ3) is 3.27. The number of hydrogen-bond acceptors (Lipinski definition) is 6. The van der Waals surface area contributed by atoms with E-state index in [0.29, 0.717) is 32.0 Å². The van der Waals surface area contributed by atoms with Crippen LogP contribution in [0.5, 0.6) is 17.2 Å². The largest absolute Gasteiger partial charge is 0.493 e. The first-order valence-electron chi connectivity index (χ1n) is 7.72. The molecule has 0 saturated carbocycles. The van der Waals surface area contributed by atoms with E-state index < -0.39 is 0 Å². The van der Waals surface area contributed by atoms with Crippen LogP contribution in [-0.2, 0) is 4.79 Å². The molecule has 0 bridgehead atoms. The molecular formula is C19H17NO4S2. The van der Waals surface area contributed by atoms with Crippen molar-refractivity contribution in [3.8, 4) is 17.2 Å². The molecule has 0 radical (unpaired) electrons. The second kappa shape index (κ2) is 7.80. The van der Waals surface area contributed by atoms with Crippen molar-refractivity contribution in [3.63, 3.8) is 0 Å². The van der Waals surface area contributed by atoms with Crippen LogP contribution < -0.4 is 19.1 Å². The summed E-state index contributed by atoms with van der Waals surface area (Å²) < 4.78 is 16.7. The van der Waals surface area contributed by atoms with Crippen LogP contribution in [0.4, 0.5) is 5.69 Å². The summed E-state index contributed by atoms with van der Waals surface area (Å²) in [6.07, 6.45) is 1.75. The molecule has 1 heterocycles. The van der Waals surface area contributed by atoms with Crippen LogP contribution in [0.25, 0.3) is 6.08 Å². The van der Waals surface area contributed by atoms with E-state index in [1.165, 1.54) is 16.7 Å². The standard InChI is InChI=1S/C19H17NO4S2/c1-22-14-10-9-12(16(23-2)17(14)24-3)11-15-18(21)20(19(25)26-15)13-7-5-4-6-8-13/h4-11H,1-3H3/b15-11-. The first kappa shape index (κ1) is 18.3. The van der Waals surface area contributed by atoms with Crippen molar-refractivity contribution >= 4 is 46.0 Å². The van der Waals surface area contributed by atoms with Gasteiger partial charge >= 0.3 is 0 Å². The molecule has 1 aliphatic rings. The van der Waals surface area contributed by atoms with Crippen molar-refractivity contribution in [1.82, 2.24) is 0 Å². The molecule has 1 saturated heterocycles. The quantitative estimate of drug-likeness (QED) is 0.568. The van der Waals surface area contributed by atoms with Crippen molar-refractivity contribution in [3.05, 3.63) is 52.9 Å². The molecule has 1 aliphatic heterocycles. The number of thiocarbonyl (C=S) groups is 1. The Morgan fingerprint density at radius 3 is 2.27 bits per heavy atom. The summed E-state index contributed by atoms with van der Waals surface area (Å²) in [6, 6.07) is 12.9. The highest BCUT2D eigenvalue weighted by Gasteiger charge is 2.33. The van der Waals surface area contributed by atoms with Gasteiger partial charge in [0.15, 0.2) is 15.8 Å². The van der Waals surface area contributed by atoms with E-state index in [2.05, 4.69) is 0 Å². The Hall–Kier alpha value is -2.51. The number of hydrogen-bond donors (Lipinski definition) is 0. The Balaban J connectivity index is 2.01. The van der Waals surface area contributed by atoms with E-state index in [0.717, 1.165) is 5.69 Å². The van der Waals surface area contributed by atoms with E-state index in [4.69, 9.17) is 26.4 Å². The number of ether oxygens (including phenoxy) is 3. The molecule has 134 valence electrons. The molecule has 0 aromatic heterocycles. The summed E-state index contributed by atoms with van der Waals surface area (Å²) in [6.45, 7) is 0. The monoisotopic (exact) mass is 387 g/mol. The molecule has 2 aromatic rings. The van der Waals surface area contributed by atoms with Crippen LogP contribution in [0.15, 0.2) is 47.4 Å². The summed E-state index contributed by atoms with van der Waals surface area (Å²) in [7, 11) is 4.64. The molecule has 26 heavy (non-hydrogen) atoms. The third-order valence-corrected chi connectivity index (χ3v) is 5.13. The van der Waals surface area contributed by atoms with Gasteiger partial charge in [-0.1, -0.05) is 42.2 Å². The van der Waals surface area contributed by atoms with E-state index in [1.54, 1.807) is 33.5 Å². The minimum absolute atomic E-state index is 0.164. The molecule has 0 N–H and O–H groups in total. The molecule has 1 amide bonds. The molecule has 7 heteroatoms. The Morgan fingerprint density at radius 2 is 1.65 bits per heavy atom. The summed E-state index contributed by atoms with van der Waals surface area (Å²) in [5, 5.41) is 0. The summed E-state index contributed by atoms with van der Waals surface area (Å²) in [5.41, 5.74) is 1.45. The van der Waals surface area contributed by atoms with Crippen molar-refractivity contribution < 1.29 is 19.0 Å². The van der Waals surface area contributed by atoms with Gasteiger partial charge in [-0.25, -0.2) is 0 Å². The van der Waals surface area contributed by atoms with E-state index in [1.807, 2.05) is 36.4 Å². The maximum atomic E-state index is 12.9. The summed E-state index contributed by atoms with van der Waals surface area (Å²) in [4.78, 5) is 14.9. The van der Waals surface area contributed by atoms with Gasteiger partial charge in [0.05, 0.1) is 31.9 Å². The average molecular weight is 387 g/mol. The number of thioether (sulfide) groups is 1. The first-order chi connectivity index (χ1) is 12.6. The predicted octanol–water partition coefficient (Wildman–Crippen LogP) is 4.12. The topological polar surface area (TPSA) is 48.0 Å². The van der Waals surface area contributed by atoms with E-state index in [9.17, 15) is 4.79 Å². The number of amides is 1. The maximum absolute atomic E-state index is 12.9. The first-order valence-corrected chi connectivity index (χ1v) is 8.95. The maximum Gasteiger partial charge on any atom is 0.270 e. The zero-order valence-electron chi connectivity index (χ0n) is 14.5. The van der Waals surface area contributed by atoms with Crippen molar-refractivity contribution in [2.24, 2.45) is 0 Å². The molecule has 0 spiro atoms. The van der Waals surface area contributed by atoms with Crippen molar-refractivity contribution in [1.29, 1.82) is 0 Å². The van der Waals surface area contributed by atoms with Gasteiger partial charge in [-0.15, -0.1) is 0 Å². The fraction of sp³-hybridized carbons (Fsp3) is 0.158. The molecule has 2 aromatic carbocycles. The number of nitrogens with zero attached hydrogens (tertiary/aromatic N) is 1. The molecule has 0 atom stereocenters. The molecule has 3 rings (SSSR count). The minimum atomic E-state index is -0.164. The fourth-order valence-electron chi connectivity index (χ4n) is 2.65. The molecule has 0 unspecified atom stereocenters. The van der Waals surface area contributed by atoms with Crippen molar-refractivity contribution in [2.45, 2.75) is 0 Å². The smallest absolute Gasteiger partial charge is 0.270 e. The highest BCUT2D eigenvalue weighted by atomic mass is 32.2. The zero-order chi connectivity index (χ0) is 18.7. The lowest BCUT2D eigenvalue weighted by Crippen LogP contribution is -2.27. The van der Waals surface area contributed by atoms with Crippen LogP contribution in [0.3, 0.4) is 0 Å². The van der Waals surface area contributed by atoms with Crippen LogP contribution in [0, 0.1) is 0 Å². The Morgan fingerprint density at radius 1 is 0.962 bits per heavy atom. The van der Waals surface area contributed by atoms with E-state index >= 15 is 0 Å². The number of anilines is 1. The van der Waals surface area contributed by atoms with Gasteiger partial charge < -0.3 is 14.2 Å². The van der Waals surface area contributed by atoms with Gasteiger partial charge in [-0.3, -0.25) is 9.69 Å². The van der Waals surface area contributed by atoms with Gasteiger partial charge in [0.1, 0.15) is 0 Å². The van der Waals surface area contributed by atoms with Crippen LogP contribution >= 0.6 is 24.0 Å². The molecule has 1 fully saturated rings. The van der Waals surface area contributed by atoms with E-state index in [-0.39, 0.29) is 5.91 Å². The molecule has 5 nitrogen and oxygen atoms in total. The SMILES string of the molecule is COc1ccc(/C=C2\SC(=S)N(c3ccccc3)C2=O)c(OC)c1OC. The van der Waals surface area contributed by atoms with Crippen LogP contribution in [0.2, 0.25) is 0 Å². The number of rotatable bonds is 5. The Labute approximate surface area is 161 Å². The molecular weight excluding hydrogens is 370 g/mol. The Bertz CT molecular complexity index is 881. The lowest BCUT2D eigenvalue weighted by atomic mass is 10.1. The average Bonchev–Trinajstić information content (AvgIpc) is 2.95. The number of carbonyl (C=O) groups excluding carboxylic acids is 1. The zero-order valence-corrected chi connectivity index (χ0v) is 16.1. The second-order valence-corrected chi connectivity index (χ2v) is 6.95. The number of para-hydroxylation sites is 1. The second-order valence-electron chi connectivity index (χ2n) is 5.28. The van der Waals surface area contributed by atoms with Gasteiger partial charge in [0.25, 0.3) is 5.91 Å². The lowest BCUT2D eigenvalue weighted by Gasteiger charge is -2.15. The summed E-state index contributed by atoms with van der Waals surface area (Å²) in [5.74, 6) is 1.36. The lowest BCUT2D eigenvalue weighted by molar-refractivity contribution is -0.113. The van der Waals surface area contributed by atoms with Gasteiger partial charge in [-0.05, 0) is 30.3 Å². The minimum Gasteiger partial charge on any atom is -0.493 e. The fourth-order valence-corrected chi connectivity index (χ4v) is 3.94. The number of benzene rings is 2. The normalized spacial score (nSPS) is 15.5. The van der Waals surface area contributed by atoms with Gasteiger partial charge in [0, 0.05) is 5.56 Å².